The zero-order valence-corrected chi connectivity index (χ0v) is 14.5. The molecule has 0 atom stereocenters. The van der Waals surface area contributed by atoms with Crippen LogP contribution in [0.25, 0.3) is 16.9 Å². The first-order valence-corrected chi connectivity index (χ1v) is 8.32. The largest absolute Gasteiger partial charge is 0.296 e. The number of halogens is 1. The summed E-state index contributed by atoms with van der Waals surface area (Å²) >= 11 is 0. The van der Waals surface area contributed by atoms with Gasteiger partial charge in [0, 0.05) is 25.0 Å². The fourth-order valence-corrected chi connectivity index (χ4v) is 2.88. The van der Waals surface area contributed by atoms with Gasteiger partial charge in [-0.15, -0.1) is 0 Å². The molecule has 3 aromatic heterocycles. The summed E-state index contributed by atoms with van der Waals surface area (Å²) in [5.74, 6) is 1.08. The van der Waals surface area contributed by atoms with Crippen molar-refractivity contribution in [2.45, 2.75) is 13.3 Å². The normalized spacial score (nSPS) is 11.0. The molecule has 0 N–H and O–H groups in total. The Morgan fingerprint density at radius 2 is 1.85 bits per heavy atom. The van der Waals surface area contributed by atoms with Crippen LogP contribution in [0, 0.1) is 5.82 Å². The molecule has 1 aromatic carbocycles. The van der Waals surface area contributed by atoms with Gasteiger partial charge in [-0.1, -0.05) is 6.92 Å². The molecule has 26 heavy (non-hydrogen) atoms. The van der Waals surface area contributed by atoms with Gasteiger partial charge in [0.15, 0.2) is 11.5 Å². The van der Waals surface area contributed by atoms with E-state index in [1.165, 1.54) is 12.1 Å². The fourth-order valence-electron chi connectivity index (χ4n) is 2.88. The van der Waals surface area contributed by atoms with Crippen molar-refractivity contribution in [2.24, 2.45) is 0 Å². The van der Waals surface area contributed by atoms with Crippen molar-refractivity contribution in [3.8, 4) is 11.3 Å². The summed E-state index contributed by atoms with van der Waals surface area (Å²) in [6, 6.07) is 11.8. The molecule has 0 aliphatic carbocycles. The van der Waals surface area contributed by atoms with E-state index >= 15 is 0 Å². The predicted molar refractivity (Wildman–Crippen MR) is 97.9 cm³/mol. The van der Waals surface area contributed by atoms with Crippen molar-refractivity contribution in [3.63, 3.8) is 0 Å². The van der Waals surface area contributed by atoms with E-state index in [4.69, 9.17) is 0 Å². The number of benzene rings is 1. The first-order chi connectivity index (χ1) is 12.7. The van der Waals surface area contributed by atoms with Gasteiger partial charge < -0.3 is 0 Å². The Morgan fingerprint density at radius 1 is 1.04 bits per heavy atom. The lowest BCUT2D eigenvalue weighted by atomic mass is 10.1. The van der Waals surface area contributed by atoms with Gasteiger partial charge in [-0.3, -0.25) is 4.90 Å². The second-order valence-electron chi connectivity index (χ2n) is 5.84. The van der Waals surface area contributed by atoms with Crippen LogP contribution in [0.15, 0.2) is 54.9 Å². The molecule has 130 valence electrons. The van der Waals surface area contributed by atoms with E-state index in [-0.39, 0.29) is 5.82 Å². The lowest BCUT2D eigenvalue weighted by Gasteiger charge is -2.18. The molecule has 0 saturated carbocycles. The van der Waals surface area contributed by atoms with Gasteiger partial charge in [-0.2, -0.15) is 9.61 Å². The van der Waals surface area contributed by atoms with Crippen molar-refractivity contribution >= 4 is 17.4 Å². The summed E-state index contributed by atoms with van der Waals surface area (Å²) in [5.41, 5.74) is 3.25. The van der Waals surface area contributed by atoms with Gasteiger partial charge in [0.25, 0.3) is 0 Å². The first kappa shape index (κ1) is 16.1. The van der Waals surface area contributed by atoms with Crippen LogP contribution in [-0.2, 0) is 6.42 Å². The third-order valence-electron chi connectivity index (χ3n) is 4.17. The Hall–Kier alpha value is -3.35. The number of hydrogen-bond acceptors (Lipinski definition) is 5. The standard InChI is InChI=1S/C19H17FN6/c1-3-15-18(26-17(23-15)5-4-11-22-26)25(2)19-21-12-10-16(24-19)13-6-8-14(20)9-7-13/h4-12H,3H2,1-2H3. The molecule has 0 spiro atoms. The van der Waals surface area contributed by atoms with E-state index in [1.807, 2.05) is 24.1 Å². The number of hydrogen-bond donors (Lipinski definition) is 0. The minimum absolute atomic E-state index is 0.274. The molecule has 0 aliphatic rings. The Labute approximate surface area is 150 Å². The molecule has 4 rings (SSSR count). The monoisotopic (exact) mass is 348 g/mol. The Bertz CT molecular complexity index is 1060. The number of imidazole rings is 1. The highest BCUT2D eigenvalue weighted by Crippen LogP contribution is 2.27. The third kappa shape index (κ3) is 2.77. The minimum atomic E-state index is -0.274. The lowest BCUT2D eigenvalue weighted by Crippen LogP contribution is -2.17. The van der Waals surface area contributed by atoms with Crippen LogP contribution in [0.1, 0.15) is 12.6 Å². The van der Waals surface area contributed by atoms with E-state index in [1.54, 1.807) is 35.1 Å². The van der Waals surface area contributed by atoms with E-state index in [0.29, 0.717) is 5.95 Å². The number of aryl methyl sites for hydroxylation is 1. The molecule has 6 nitrogen and oxygen atoms in total. The quantitative estimate of drug-likeness (QED) is 0.563. The highest BCUT2D eigenvalue weighted by Gasteiger charge is 2.19. The maximum atomic E-state index is 13.2. The van der Waals surface area contributed by atoms with Gasteiger partial charge in [-0.05, 0) is 48.9 Å². The van der Waals surface area contributed by atoms with Crippen molar-refractivity contribution < 1.29 is 4.39 Å². The highest BCUT2D eigenvalue weighted by atomic mass is 19.1. The van der Waals surface area contributed by atoms with Crippen LogP contribution in [0.5, 0.6) is 0 Å². The van der Waals surface area contributed by atoms with E-state index < -0.39 is 0 Å². The Morgan fingerprint density at radius 3 is 2.62 bits per heavy atom. The number of fused-ring (bicyclic) bond motifs is 1. The molecule has 3 heterocycles. The maximum Gasteiger partial charge on any atom is 0.231 e. The number of aromatic nitrogens is 5. The molecule has 7 heteroatoms. The summed E-state index contributed by atoms with van der Waals surface area (Å²) in [4.78, 5) is 15.5. The summed E-state index contributed by atoms with van der Waals surface area (Å²) in [5, 5.41) is 4.40. The van der Waals surface area contributed by atoms with Gasteiger partial charge in [0.2, 0.25) is 5.95 Å². The molecule has 0 saturated heterocycles. The third-order valence-corrected chi connectivity index (χ3v) is 4.17. The summed E-state index contributed by atoms with van der Waals surface area (Å²) < 4.78 is 15.0. The van der Waals surface area contributed by atoms with Gasteiger partial charge in [-0.25, -0.2) is 19.3 Å². The second kappa shape index (κ2) is 6.51. The molecule has 0 bridgehead atoms. The van der Waals surface area contributed by atoms with Crippen LogP contribution >= 0.6 is 0 Å². The summed E-state index contributed by atoms with van der Waals surface area (Å²) in [6.07, 6.45) is 4.18. The zero-order valence-electron chi connectivity index (χ0n) is 14.5. The average Bonchev–Trinajstić information content (AvgIpc) is 3.06. The smallest absolute Gasteiger partial charge is 0.231 e. The molecule has 0 unspecified atom stereocenters. The van der Waals surface area contributed by atoms with Gasteiger partial charge >= 0.3 is 0 Å². The second-order valence-corrected chi connectivity index (χ2v) is 5.84. The highest BCUT2D eigenvalue weighted by molar-refractivity contribution is 5.64. The fraction of sp³-hybridized carbons (Fsp3) is 0.158. The van der Waals surface area contributed by atoms with Gasteiger partial charge in [0.05, 0.1) is 11.4 Å². The summed E-state index contributed by atoms with van der Waals surface area (Å²) in [7, 11) is 1.89. The topological polar surface area (TPSA) is 59.2 Å². The molecule has 0 amide bonds. The van der Waals surface area contributed by atoms with Crippen molar-refractivity contribution in [1.82, 2.24) is 24.6 Å². The van der Waals surface area contributed by atoms with Crippen LogP contribution in [0.3, 0.4) is 0 Å². The molecular weight excluding hydrogens is 331 g/mol. The minimum Gasteiger partial charge on any atom is -0.296 e. The zero-order chi connectivity index (χ0) is 18.1. The Balaban J connectivity index is 1.79. The first-order valence-electron chi connectivity index (χ1n) is 8.32. The van der Waals surface area contributed by atoms with E-state index in [0.717, 1.165) is 34.8 Å². The van der Waals surface area contributed by atoms with E-state index in [2.05, 4.69) is 27.0 Å². The van der Waals surface area contributed by atoms with Crippen molar-refractivity contribution in [2.75, 3.05) is 11.9 Å². The molecule has 0 fully saturated rings. The SMILES string of the molecule is CCc1nc2cccnn2c1N(C)c1nccc(-c2ccc(F)cc2)n1. The van der Waals surface area contributed by atoms with Crippen LogP contribution in [0.2, 0.25) is 0 Å². The van der Waals surface area contributed by atoms with E-state index in [9.17, 15) is 4.39 Å². The van der Waals surface area contributed by atoms with Crippen LogP contribution in [-0.4, -0.2) is 31.6 Å². The number of anilines is 2. The molecule has 0 aliphatic heterocycles. The van der Waals surface area contributed by atoms with Crippen molar-refractivity contribution in [1.29, 1.82) is 0 Å². The predicted octanol–water partition coefficient (Wildman–Crippen LogP) is 3.66. The Kier molecular flexibility index (Phi) is 4.04. The number of rotatable bonds is 4. The molecule has 4 aromatic rings. The van der Waals surface area contributed by atoms with Crippen LogP contribution in [0.4, 0.5) is 16.2 Å². The molecular formula is C19H17FN6. The number of nitrogens with zero attached hydrogens (tertiary/aromatic N) is 6. The average molecular weight is 348 g/mol. The van der Waals surface area contributed by atoms with Crippen molar-refractivity contribution in [3.05, 3.63) is 66.4 Å². The summed E-state index contributed by atoms with van der Waals surface area (Å²) in [6.45, 7) is 2.05. The molecule has 0 radical (unpaired) electrons. The van der Waals surface area contributed by atoms with Crippen LogP contribution < -0.4 is 4.90 Å². The lowest BCUT2D eigenvalue weighted by molar-refractivity contribution is 0.628. The van der Waals surface area contributed by atoms with Gasteiger partial charge in [0.1, 0.15) is 5.82 Å². The maximum absolute atomic E-state index is 13.2.